The molecule has 3 rings (SSSR count). The van der Waals surface area contributed by atoms with Gasteiger partial charge in [-0.3, -0.25) is 5.10 Å². The van der Waals surface area contributed by atoms with Gasteiger partial charge in [0.25, 0.3) is 0 Å². The van der Waals surface area contributed by atoms with Crippen LogP contribution in [-0.4, -0.2) is 67.9 Å². The number of aromatic amines is 1. The first-order chi connectivity index (χ1) is 13.3. The van der Waals surface area contributed by atoms with Crippen LogP contribution in [0.5, 0.6) is 5.88 Å². The molecule has 2 aromatic rings. The van der Waals surface area contributed by atoms with Crippen molar-refractivity contribution < 1.29 is 29.9 Å². The third kappa shape index (κ3) is 4.13. The fraction of sp³-hybridized carbons (Fsp3) is 0.526. The summed E-state index contributed by atoms with van der Waals surface area (Å²) in [6.07, 6.45) is -6.28. The Morgan fingerprint density at radius 1 is 1.14 bits per heavy atom. The molecule has 1 aliphatic heterocycles. The number of aliphatic hydroxyl groups is 4. The van der Waals surface area contributed by atoms with E-state index in [0.29, 0.717) is 12.1 Å². The maximum absolute atomic E-state index is 10.2. The van der Waals surface area contributed by atoms with Gasteiger partial charge in [-0.1, -0.05) is 26.0 Å². The highest BCUT2D eigenvalue weighted by Gasteiger charge is 2.45. The number of H-pyrrole nitrogens is 1. The number of nitrogens with one attached hydrogen (secondary N) is 1. The number of aromatic nitrogens is 2. The highest BCUT2D eigenvalue weighted by Crippen LogP contribution is 2.31. The van der Waals surface area contributed by atoms with Gasteiger partial charge in [0.2, 0.25) is 12.2 Å². The molecule has 28 heavy (non-hydrogen) atoms. The Labute approximate surface area is 162 Å². The Bertz CT molecular complexity index is 776. The molecule has 2 heterocycles. The molecule has 0 spiro atoms. The van der Waals surface area contributed by atoms with Gasteiger partial charge < -0.3 is 35.6 Å². The van der Waals surface area contributed by atoms with E-state index in [9.17, 15) is 20.4 Å². The first kappa shape index (κ1) is 20.6. The van der Waals surface area contributed by atoms with Gasteiger partial charge in [0.15, 0.2) is 0 Å². The number of nitrogen functional groups attached to an aromatic ring is 1. The third-order valence-corrected chi connectivity index (χ3v) is 4.88. The van der Waals surface area contributed by atoms with E-state index in [2.05, 4.69) is 10.2 Å². The van der Waals surface area contributed by atoms with Gasteiger partial charge >= 0.3 is 0 Å². The Kier molecular flexibility index (Phi) is 6.21. The third-order valence-electron chi connectivity index (χ3n) is 4.88. The first-order valence-corrected chi connectivity index (χ1v) is 9.20. The van der Waals surface area contributed by atoms with Crippen molar-refractivity contribution in [3.63, 3.8) is 0 Å². The zero-order valence-electron chi connectivity index (χ0n) is 15.8. The molecule has 1 fully saturated rings. The zero-order valence-corrected chi connectivity index (χ0v) is 15.8. The quantitative estimate of drug-likeness (QED) is 0.371. The van der Waals surface area contributed by atoms with Crippen LogP contribution < -0.4 is 10.5 Å². The molecule has 0 unspecified atom stereocenters. The predicted molar refractivity (Wildman–Crippen MR) is 101 cm³/mol. The highest BCUT2D eigenvalue weighted by atomic mass is 16.7. The number of hydrogen-bond donors (Lipinski definition) is 6. The van der Waals surface area contributed by atoms with Crippen molar-refractivity contribution in [2.75, 3.05) is 12.3 Å². The summed E-state index contributed by atoms with van der Waals surface area (Å²) in [6, 6.07) is 7.43. The molecule has 1 aromatic heterocycles. The summed E-state index contributed by atoms with van der Waals surface area (Å²) >= 11 is 0. The van der Waals surface area contributed by atoms with Crippen LogP contribution >= 0.6 is 0 Å². The fourth-order valence-corrected chi connectivity index (χ4v) is 3.22. The molecule has 1 aromatic carbocycles. The summed E-state index contributed by atoms with van der Waals surface area (Å²) in [4.78, 5) is 0. The first-order valence-electron chi connectivity index (χ1n) is 9.20. The Morgan fingerprint density at radius 3 is 2.43 bits per heavy atom. The molecule has 0 saturated carbocycles. The van der Waals surface area contributed by atoms with Crippen LogP contribution in [0.3, 0.4) is 0 Å². The van der Waals surface area contributed by atoms with Crippen LogP contribution in [0.4, 0.5) is 5.69 Å². The lowest BCUT2D eigenvalue weighted by Gasteiger charge is -2.39. The van der Waals surface area contributed by atoms with Gasteiger partial charge in [-0.05, 0) is 23.6 Å². The summed E-state index contributed by atoms with van der Waals surface area (Å²) < 4.78 is 11.2. The molecule has 1 saturated heterocycles. The molecule has 5 atom stereocenters. The van der Waals surface area contributed by atoms with Crippen molar-refractivity contribution >= 4 is 5.69 Å². The van der Waals surface area contributed by atoms with E-state index in [1.165, 1.54) is 0 Å². The van der Waals surface area contributed by atoms with Gasteiger partial charge in [-0.25, -0.2) is 0 Å². The number of hydrogen-bond acceptors (Lipinski definition) is 8. The van der Waals surface area contributed by atoms with Gasteiger partial charge in [-0.2, -0.15) is 0 Å². The van der Waals surface area contributed by atoms with Gasteiger partial charge in [0, 0.05) is 23.4 Å². The van der Waals surface area contributed by atoms with Crippen LogP contribution in [0.25, 0.3) is 0 Å². The molecule has 154 valence electrons. The van der Waals surface area contributed by atoms with Crippen LogP contribution in [0, 0.1) is 0 Å². The topological polar surface area (TPSA) is 154 Å². The summed E-state index contributed by atoms with van der Waals surface area (Å²) in [5.74, 6) is 0.369. The second-order valence-electron chi connectivity index (χ2n) is 7.31. The van der Waals surface area contributed by atoms with Gasteiger partial charge in [0.1, 0.15) is 24.4 Å². The number of nitrogens with zero attached hydrogens (tertiary/aromatic N) is 1. The average molecular weight is 393 g/mol. The summed E-state index contributed by atoms with van der Waals surface area (Å²) in [6.45, 7) is 3.50. The van der Waals surface area contributed by atoms with Crippen molar-refractivity contribution in [3.8, 4) is 5.88 Å². The zero-order chi connectivity index (χ0) is 20.4. The van der Waals surface area contributed by atoms with E-state index in [1.54, 1.807) is 0 Å². The summed E-state index contributed by atoms with van der Waals surface area (Å²) in [5, 5.41) is 46.6. The SMILES string of the molecule is CC(C)c1[nH]nc(O[C@@H]2O[C@H](CO)[C@@H](O)[C@H](O)[C@H]2O)c1Cc1ccc(N)cc1. The molecule has 0 bridgehead atoms. The number of anilines is 1. The average Bonchev–Trinajstić information content (AvgIpc) is 3.06. The number of ether oxygens (including phenoxy) is 2. The van der Waals surface area contributed by atoms with E-state index < -0.39 is 37.3 Å². The van der Waals surface area contributed by atoms with Crippen LogP contribution in [0.15, 0.2) is 24.3 Å². The minimum Gasteiger partial charge on any atom is -0.443 e. The lowest BCUT2D eigenvalue weighted by atomic mass is 9.98. The van der Waals surface area contributed by atoms with Crippen LogP contribution in [-0.2, 0) is 11.2 Å². The number of aliphatic hydroxyl groups excluding tert-OH is 4. The predicted octanol–water partition coefficient (Wildman–Crippen LogP) is -0.115. The monoisotopic (exact) mass is 393 g/mol. The normalized spacial score (nSPS) is 27.9. The maximum atomic E-state index is 10.2. The maximum Gasteiger partial charge on any atom is 0.238 e. The highest BCUT2D eigenvalue weighted by molar-refractivity contribution is 5.43. The van der Waals surface area contributed by atoms with E-state index in [-0.39, 0.29) is 11.8 Å². The van der Waals surface area contributed by atoms with Crippen molar-refractivity contribution in [3.05, 3.63) is 41.1 Å². The Hall–Kier alpha value is -2.17. The van der Waals surface area contributed by atoms with Gasteiger partial charge in [0.05, 0.1) is 6.61 Å². The number of nitrogens with two attached hydrogens (primary N) is 1. The standard InChI is InChI=1S/C19H27N3O6/c1-9(2)14-12(7-10-3-5-11(20)6-4-10)18(22-21-14)28-19-17(26)16(25)15(24)13(8-23)27-19/h3-6,9,13,15-17,19,23-26H,7-8,20H2,1-2H3,(H,21,22)/t13-,15-,16+,17-,19+/m1/s1. The lowest BCUT2D eigenvalue weighted by molar-refractivity contribution is -0.278. The van der Waals surface area contributed by atoms with Crippen molar-refractivity contribution in [2.24, 2.45) is 0 Å². The van der Waals surface area contributed by atoms with E-state index >= 15 is 0 Å². The second kappa shape index (κ2) is 8.46. The molecular formula is C19H27N3O6. The van der Waals surface area contributed by atoms with Gasteiger partial charge in [-0.15, -0.1) is 5.10 Å². The Morgan fingerprint density at radius 2 is 1.82 bits per heavy atom. The smallest absolute Gasteiger partial charge is 0.238 e. The summed E-state index contributed by atoms with van der Waals surface area (Å²) in [5.41, 5.74) is 9.07. The molecule has 9 heteroatoms. The second-order valence-corrected chi connectivity index (χ2v) is 7.31. The van der Waals surface area contributed by atoms with Crippen molar-refractivity contribution in [1.29, 1.82) is 0 Å². The minimum atomic E-state index is -1.51. The van der Waals surface area contributed by atoms with E-state index in [0.717, 1.165) is 16.8 Å². The van der Waals surface area contributed by atoms with E-state index in [4.69, 9.17) is 15.2 Å². The molecule has 1 aliphatic rings. The van der Waals surface area contributed by atoms with Crippen LogP contribution in [0.2, 0.25) is 0 Å². The van der Waals surface area contributed by atoms with E-state index in [1.807, 2.05) is 38.1 Å². The molecule has 0 aliphatic carbocycles. The lowest BCUT2D eigenvalue weighted by Crippen LogP contribution is -2.60. The number of benzene rings is 1. The van der Waals surface area contributed by atoms with Crippen LogP contribution in [0.1, 0.15) is 36.6 Å². The van der Waals surface area contributed by atoms with Crippen molar-refractivity contribution in [2.45, 2.75) is 56.9 Å². The van der Waals surface area contributed by atoms with Crippen molar-refractivity contribution in [1.82, 2.24) is 10.2 Å². The molecule has 7 N–H and O–H groups in total. The number of rotatable bonds is 6. The molecular weight excluding hydrogens is 366 g/mol. The molecule has 9 nitrogen and oxygen atoms in total. The molecule has 0 radical (unpaired) electrons. The Balaban J connectivity index is 1.86. The largest absolute Gasteiger partial charge is 0.443 e. The summed E-state index contributed by atoms with van der Waals surface area (Å²) in [7, 11) is 0. The fourth-order valence-electron chi connectivity index (χ4n) is 3.22. The molecule has 0 amide bonds. The minimum absolute atomic E-state index is 0.142.